The number of carbonyl (C=O) groups excluding carboxylic acids is 1. The number of ketones is 1. The van der Waals surface area contributed by atoms with Gasteiger partial charge in [-0.3, -0.25) is 4.79 Å². The first-order valence-electron chi connectivity index (χ1n) is 5.63. The summed E-state index contributed by atoms with van der Waals surface area (Å²) < 4.78 is 17.1. The summed E-state index contributed by atoms with van der Waals surface area (Å²) in [6.07, 6.45) is 0. The summed E-state index contributed by atoms with van der Waals surface area (Å²) in [5, 5.41) is 3.96. The summed E-state index contributed by atoms with van der Waals surface area (Å²) in [6.45, 7) is 5.66. The van der Waals surface area contributed by atoms with Gasteiger partial charge >= 0.3 is 0 Å². The standard InChI is InChI=1S/C13H13FN2OS/c1-7(2)11-13(18-16-15-11)12(17)9-4-8(3)5-10(14)6-9/h4-7H,1-3H3. The van der Waals surface area contributed by atoms with Crippen LogP contribution in [0.2, 0.25) is 0 Å². The Balaban J connectivity index is 2.45. The number of aromatic nitrogens is 2. The van der Waals surface area contributed by atoms with Gasteiger partial charge in [0.2, 0.25) is 5.78 Å². The van der Waals surface area contributed by atoms with Crippen LogP contribution in [0.1, 0.15) is 46.3 Å². The minimum Gasteiger partial charge on any atom is -0.288 e. The van der Waals surface area contributed by atoms with Crippen molar-refractivity contribution >= 4 is 17.3 Å². The van der Waals surface area contributed by atoms with Gasteiger partial charge in [-0.25, -0.2) is 4.39 Å². The zero-order valence-corrected chi connectivity index (χ0v) is 11.2. The molecular formula is C13H13FN2OS. The maximum atomic E-state index is 13.3. The van der Waals surface area contributed by atoms with E-state index in [-0.39, 0.29) is 11.7 Å². The van der Waals surface area contributed by atoms with Crippen molar-refractivity contribution in [3.8, 4) is 0 Å². The zero-order chi connectivity index (χ0) is 13.3. The second kappa shape index (κ2) is 4.94. The van der Waals surface area contributed by atoms with Crippen molar-refractivity contribution in [2.24, 2.45) is 0 Å². The van der Waals surface area contributed by atoms with Crippen molar-refractivity contribution in [3.63, 3.8) is 0 Å². The minimum absolute atomic E-state index is 0.123. The Morgan fingerprint density at radius 2 is 2.06 bits per heavy atom. The topological polar surface area (TPSA) is 42.9 Å². The van der Waals surface area contributed by atoms with Crippen LogP contribution in [0.3, 0.4) is 0 Å². The Labute approximate surface area is 109 Å². The van der Waals surface area contributed by atoms with Crippen molar-refractivity contribution in [3.05, 3.63) is 45.7 Å². The van der Waals surface area contributed by atoms with Crippen LogP contribution < -0.4 is 0 Å². The van der Waals surface area contributed by atoms with Crippen molar-refractivity contribution in [1.82, 2.24) is 9.59 Å². The molecule has 0 fully saturated rings. The molecule has 2 rings (SSSR count). The van der Waals surface area contributed by atoms with Gasteiger partial charge in [0, 0.05) is 5.56 Å². The van der Waals surface area contributed by atoms with Crippen LogP contribution in [-0.4, -0.2) is 15.4 Å². The van der Waals surface area contributed by atoms with Crippen LogP contribution in [0.5, 0.6) is 0 Å². The van der Waals surface area contributed by atoms with Gasteiger partial charge in [-0.1, -0.05) is 18.3 Å². The number of hydrogen-bond acceptors (Lipinski definition) is 4. The third-order valence-corrected chi connectivity index (χ3v) is 3.31. The fourth-order valence-electron chi connectivity index (χ4n) is 1.73. The van der Waals surface area contributed by atoms with Crippen LogP contribution in [0.25, 0.3) is 0 Å². The first kappa shape index (κ1) is 12.8. The number of aryl methyl sites for hydroxylation is 1. The van der Waals surface area contributed by atoms with Crippen LogP contribution in [0.4, 0.5) is 4.39 Å². The lowest BCUT2D eigenvalue weighted by atomic mass is 10.0. The van der Waals surface area contributed by atoms with E-state index in [1.807, 2.05) is 13.8 Å². The lowest BCUT2D eigenvalue weighted by Gasteiger charge is -2.04. The van der Waals surface area contributed by atoms with E-state index >= 15 is 0 Å². The summed E-state index contributed by atoms with van der Waals surface area (Å²) in [5.74, 6) is -0.490. The molecule has 0 saturated carbocycles. The minimum atomic E-state index is -0.401. The third kappa shape index (κ3) is 2.46. The molecule has 0 aliphatic rings. The van der Waals surface area contributed by atoms with Gasteiger partial charge in [-0.05, 0) is 48.1 Å². The monoisotopic (exact) mass is 264 g/mol. The molecule has 0 radical (unpaired) electrons. The van der Waals surface area contributed by atoms with E-state index in [9.17, 15) is 9.18 Å². The number of carbonyl (C=O) groups is 1. The van der Waals surface area contributed by atoms with Gasteiger partial charge < -0.3 is 0 Å². The maximum absolute atomic E-state index is 13.3. The number of halogens is 1. The average molecular weight is 264 g/mol. The van der Waals surface area contributed by atoms with Crippen LogP contribution in [0, 0.1) is 12.7 Å². The number of nitrogens with zero attached hydrogens (tertiary/aromatic N) is 2. The normalized spacial score (nSPS) is 10.9. The Kier molecular flexibility index (Phi) is 3.52. The number of hydrogen-bond donors (Lipinski definition) is 0. The largest absolute Gasteiger partial charge is 0.288 e. The molecule has 0 amide bonds. The predicted octanol–water partition coefficient (Wildman–Crippen LogP) is 3.34. The van der Waals surface area contributed by atoms with Crippen molar-refractivity contribution in [2.45, 2.75) is 26.7 Å². The zero-order valence-electron chi connectivity index (χ0n) is 10.4. The molecule has 0 aliphatic carbocycles. The Bertz CT molecular complexity index is 572. The molecular weight excluding hydrogens is 251 g/mol. The summed E-state index contributed by atoms with van der Waals surface area (Å²) in [6, 6.07) is 4.32. The lowest BCUT2D eigenvalue weighted by molar-refractivity contribution is 0.104. The van der Waals surface area contributed by atoms with Crippen LogP contribution in [-0.2, 0) is 0 Å². The second-order valence-electron chi connectivity index (χ2n) is 4.49. The highest BCUT2D eigenvalue weighted by Gasteiger charge is 2.20. The second-order valence-corrected chi connectivity index (χ2v) is 5.24. The predicted molar refractivity (Wildman–Crippen MR) is 68.6 cm³/mol. The van der Waals surface area contributed by atoms with E-state index in [0.717, 1.165) is 17.1 Å². The highest BCUT2D eigenvalue weighted by molar-refractivity contribution is 7.08. The molecule has 3 nitrogen and oxygen atoms in total. The van der Waals surface area contributed by atoms with Crippen molar-refractivity contribution < 1.29 is 9.18 Å². The van der Waals surface area contributed by atoms with Crippen molar-refractivity contribution in [1.29, 1.82) is 0 Å². The highest BCUT2D eigenvalue weighted by atomic mass is 32.1. The van der Waals surface area contributed by atoms with Gasteiger partial charge in [0.05, 0.1) is 5.69 Å². The molecule has 0 saturated heterocycles. The molecule has 18 heavy (non-hydrogen) atoms. The summed E-state index contributed by atoms with van der Waals surface area (Å²) >= 11 is 1.06. The fraction of sp³-hybridized carbons (Fsp3) is 0.308. The van der Waals surface area contributed by atoms with Crippen LogP contribution in [0.15, 0.2) is 18.2 Å². The third-order valence-electron chi connectivity index (χ3n) is 2.57. The smallest absolute Gasteiger partial charge is 0.206 e. The molecule has 1 aromatic heterocycles. The van der Waals surface area contributed by atoms with E-state index in [2.05, 4.69) is 9.59 Å². The molecule has 0 unspecified atom stereocenters. The molecule has 5 heteroatoms. The van der Waals surface area contributed by atoms with E-state index in [1.165, 1.54) is 12.1 Å². The first-order chi connectivity index (χ1) is 8.49. The average Bonchev–Trinajstić information content (AvgIpc) is 2.75. The quantitative estimate of drug-likeness (QED) is 0.798. The van der Waals surface area contributed by atoms with Crippen LogP contribution >= 0.6 is 11.5 Å². The molecule has 0 bridgehead atoms. The van der Waals surface area contributed by atoms with E-state index < -0.39 is 5.82 Å². The molecule has 1 aromatic carbocycles. The van der Waals surface area contributed by atoms with E-state index in [0.29, 0.717) is 16.1 Å². The molecule has 2 aromatic rings. The maximum Gasteiger partial charge on any atom is 0.206 e. The molecule has 0 N–H and O–H groups in total. The van der Waals surface area contributed by atoms with E-state index in [4.69, 9.17) is 0 Å². The Morgan fingerprint density at radius 3 is 2.67 bits per heavy atom. The molecule has 1 heterocycles. The lowest BCUT2D eigenvalue weighted by Crippen LogP contribution is -2.05. The molecule has 0 atom stereocenters. The summed E-state index contributed by atoms with van der Waals surface area (Å²) in [7, 11) is 0. The Hall–Kier alpha value is -1.62. The summed E-state index contributed by atoms with van der Waals surface area (Å²) in [4.78, 5) is 12.8. The number of benzene rings is 1. The summed E-state index contributed by atoms with van der Waals surface area (Å²) in [5.41, 5.74) is 1.74. The molecule has 94 valence electrons. The number of rotatable bonds is 3. The first-order valence-corrected chi connectivity index (χ1v) is 6.40. The van der Waals surface area contributed by atoms with Crippen molar-refractivity contribution in [2.75, 3.05) is 0 Å². The van der Waals surface area contributed by atoms with Gasteiger partial charge in [-0.15, -0.1) is 5.10 Å². The molecule has 0 spiro atoms. The highest BCUT2D eigenvalue weighted by Crippen LogP contribution is 2.23. The van der Waals surface area contributed by atoms with Gasteiger partial charge in [0.25, 0.3) is 0 Å². The molecule has 0 aliphatic heterocycles. The van der Waals surface area contributed by atoms with Gasteiger partial charge in [0.15, 0.2) is 0 Å². The van der Waals surface area contributed by atoms with Gasteiger partial charge in [0.1, 0.15) is 10.7 Å². The fourth-order valence-corrected chi connectivity index (χ4v) is 2.51. The van der Waals surface area contributed by atoms with E-state index in [1.54, 1.807) is 13.0 Å². The van der Waals surface area contributed by atoms with Gasteiger partial charge in [-0.2, -0.15) is 0 Å². The Morgan fingerprint density at radius 1 is 1.33 bits per heavy atom. The SMILES string of the molecule is Cc1cc(F)cc(C(=O)c2snnc2C(C)C)c1.